The largest absolute Gasteiger partial charge is 0.396 e. The molecule has 0 aliphatic carbocycles. The number of rotatable bonds is 3. The van der Waals surface area contributed by atoms with E-state index in [-0.39, 0.29) is 18.3 Å². The molecule has 0 bridgehead atoms. The van der Waals surface area contributed by atoms with E-state index >= 15 is 0 Å². The van der Waals surface area contributed by atoms with Crippen molar-refractivity contribution in [1.82, 2.24) is 14.7 Å². The van der Waals surface area contributed by atoms with Crippen LogP contribution in [-0.2, 0) is 13.6 Å². The van der Waals surface area contributed by atoms with Crippen molar-refractivity contribution in [1.29, 1.82) is 0 Å². The van der Waals surface area contributed by atoms with Crippen molar-refractivity contribution < 1.29 is 9.18 Å². The van der Waals surface area contributed by atoms with E-state index in [2.05, 4.69) is 5.10 Å². The molecule has 0 radical (unpaired) electrons. The minimum atomic E-state index is -0.333. The van der Waals surface area contributed by atoms with E-state index in [1.165, 1.54) is 21.8 Å². The molecule has 1 heterocycles. The van der Waals surface area contributed by atoms with Crippen LogP contribution in [0.1, 0.15) is 16.1 Å². The predicted octanol–water partition coefficient (Wildman–Crippen LogP) is 1.41. The molecule has 2 rings (SSSR count). The fraction of sp³-hybridized carbons (Fsp3) is 0.231. The lowest BCUT2D eigenvalue weighted by Crippen LogP contribution is -2.29. The monoisotopic (exact) mass is 262 g/mol. The van der Waals surface area contributed by atoms with Gasteiger partial charge in [-0.2, -0.15) is 5.10 Å². The van der Waals surface area contributed by atoms with Crippen molar-refractivity contribution in [2.24, 2.45) is 7.05 Å². The molecule has 0 atom stereocenters. The molecule has 0 saturated heterocycles. The quantitative estimate of drug-likeness (QED) is 0.909. The first-order valence-electron chi connectivity index (χ1n) is 5.77. The van der Waals surface area contributed by atoms with Crippen LogP contribution in [0.15, 0.2) is 30.5 Å². The summed E-state index contributed by atoms with van der Waals surface area (Å²) in [6.07, 6.45) is 1.42. The van der Waals surface area contributed by atoms with Gasteiger partial charge in [-0.3, -0.25) is 9.48 Å². The molecule has 0 aliphatic rings. The summed E-state index contributed by atoms with van der Waals surface area (Å²) < 4.78 is 14.9. The van der Waals surface area contributed by atoms with Crippen molar-refractivity contribution >= 4 is 11.6 Å². The van der Waals surface area contributed by atoms with Crippen LogP contribution in [0.5, 0.6) is 0 Å². The van der Waals surface area contributed by atoms with E-state index in [1.807, 2.05) is 0 Å². The number of aryl methyl sites for hydroxylation is 1. The highest BCUT2D eigenvalue weighted by atomic mass is 19.1. The van der Waals surface area contributed by atoms with Gasteiger partial charge in [0.25, 0.3) is 5.91 Å². The first-order valence-corrected chi connectivity index (χ1v) is 5.77. The van der Waals surface area contributed by atoms with Gasteiger partial charge in [0.05, 0.1) is 11.9 Å². The topological polar surface area (TPSA) is 64.2 Å². The highest BCUT2D eigenvalue weighted by Crippen LogP contribution is 2.15. The molecule has 0 unspecified atom stereocenters. The Morgan fingerprint density at radius 3 is 2.74 bits per heavy atom. The normalized spacial score (nSPS) is 10.5. The zero-order chi connectivity index (χ0) is 14.0. The molecule has 19 heavy (non-hydrogen) atoms. The highest BCUT2D eigenvalue weighted by Gasteiger charge is 2.19. The Kier molecular flexibility index (Phi) is 3.50. The molecule has 6 heteroatoms. The highest BCUT2D eigenvalue weighted by molar-refractivity contribution is 5.97. The summed E-state index contributed by atoms with van der Waals surface area (Å²) in [7, 11) is 3.24. The first kappa shape index (κ1) is 13.1. The van der Waals surface area contributed by atoms with Gasteiger partial charge in [-0.05, 0) is 6.07 Å². The Morgan fingerprint density at radius 2 is 2.16 bits per heavy atom. The van der Waals surface area contributed by atoms with Gasteiger partial charge in [-0.15, -0.1) is 0 Å². The minimum Gasteiger partial charge on any atom is -0.396 e. The van der Waals surface area contributed by atoms with Crippen molar-refractivity contribution in [2.45, 2.75) is 6.54 Å². The third kappa shape index (κ3) is 2.57. The standard InChI is InChI=1S/C13H15FN4O/c1-17(8-9-5-3-4-6-10(9)14)13(19)12-11(15)7-16-18(12)2/h3-7H,8,15H2,1-2H3. The summed E-state index contributed by atoms with van der Waals surface area (Å²) in [5.74, 6) is -0.624. The van der Waals surface area contributed by atoms with Crippen LogP contribution in [0.2, 0.25) is 0 Å². The van der Waals surface area contributed by atoms with Crippen LogP contribution in [-0.4, -0.2) is 27.6 Å². The number of nitrogens with zero attached hydrogens (tertiary/aromatic N) is 3. The average Bonchev–Trinajstić information content (AvgIpc) is 2.71. The number of amides is 1. The van der Waals surface area contributed by atoms with Crippen molar-refractivity contribution in [3.63, 3.8) is 0 Å². The van der Waals surface area contributed by atoms with Gasteiger partial charge in [0.15, 0.2) is 0 Å². The molecule has 100 valence electrons. The summed E-state index contributed by atoms with van der Waals surface area (Å²) in [6, 6.07) is 6.35. The maximum Gasteiger partial charge on any atom is 0.274 e. The number of benzene rings is 1. The maximum atomic E-state index is 13.5. The zero-order valence-corrected chi connectivity index (χ0v) is 10.8. The van der Waals surface area contributed by atoms with Gasteiger partial charge in [0.1, 0.15) is 11.5 Å². The summed E-state index contributed by atoms with van der Waals surface area (Å²) in [5, 5.41) is 3.91. The Labute approximate surface area is 110 Å². The first-order chi connectivity index (χ1) is 9.00. The average molecular weight is 262 g/mol. The molecule has 0 spiro atoms. The second-order valence-corrected chi connectivity index (χ2v) is 4.32. The van der Waals surface area contributed by atoms with Crippen LogP contribution in [0.3, 0.4) is 0 Å². The van der Waals surface area contributed by atoms with E-state index in [4.69, 9.17) is 5.73 Å². The molecule has 1 aromatic heterocycles. The molecule has 1 aromatic carbocycles. The van der Waals surface area contributed by atoms with Gasteiger partial charge >= 0.3 is 0 Å². The third-order valence-electron chi connectivity index (χ3n) is 2.88. The van der Waals surface area contributed by atoms with E-state index in [0.29, 0.717) is 16.9 Å². The van der Waals surface area contributed by atoms with Gasteiger partial charge in [0, 0.05) is 26.2 Å². The number of anilines is 1. The van der Waals surface area contributed by atoms with Crippen LogP contribution in [0.25, 0.3) is 0 Å². The number of carbonyl (C=O) groups excluding carboxylic acids is 1. The Balaban J connectivity index is 2.19. The maximum absolute atomic E-state index is 13.5. The molecule has 2 N–H and O–H groups in total. The Morgan fingerprint density at radius 1 is 1.47 bits per heavy atom. The third-order valence-corrected chi connectivity index (χ3v) is 2.88. The number of carbonyl (C=O) groups is 1. The van der Waals surface area contributed by atoms with E-state index in [1.54, 1.807) is 32.3 Å². The molecular formula is C13H15FN4O. The number of nitrogens with two attached hydrogens (primary N) is 1. The second-order valence-electron chi connectivity index (χ2n) is 4.32. The Hall–Kier alpha value is -2.37. The number of hydrogen-bond donors (Lipinski definition) is 1. The van der Waals surface area contributed by atoms with Gasteiger partial charge in [-0.25, -0.2) is 4.39 Å². The van der Waals surface area contributed by atoms with Crippen LogP contribution < -0.4 is 5.73 Å². The Bertz CT molecular complexity index is 589. The molecule has 0 aliphatic heterocycles. The summed E-state index contributed by atoms with van der Waals surface area (Å²) in [5.41, 5.74) is 6.77. The number of nitrogen functional groups attached to an aromatic ring is 1. The summed E-state index contributed by atoms with van der Waals surface area (Å²) in [6.45, 7) is 0.177. The van der Waals surface area contributed by atoms with E-state index < -0.39 is 0 Å². The van der Waals surface area contributed by atoms with E-state index in [0.717, 1.165) is 0 Å². The lowest BCUT2D eigenvalue weighted by atomic mass is 10.2. The molecular weight excluding hydrogens is 247 g/mol. The fourth-order valence-electron chi connectivity index (χ4n) is 1.85. The smallest absolute Gasteiger partial charge is 0.274 e. The number of halogens is 1. The molecule has 2 aromatic rings. The summed E-state index contributed by atoms with van der Waals surface area (Å²) in [4.78, 5) is 13.6. The van der Waals surface area contributed by atoms with Gasteiger partial charge in [0.2, 0.25) is 0 Å². The van der Waals surface area contributed by atoms with Crippen molar-refractivity contribution in [2.75, 3.05) is 12.8 Å². The predicted molar refractivity (Wildman–Crippen MR) is 69.8 cm³/mol. The minimum absolute atomic E-state index is 0.177. The van der Waals surface area contributed by atoms with E-state index in [9.17, 15) is 9.18 Å². The second kappa shape index (κ2) is 5.09. The molecule has 1 amide bonds. The fourth-order valence-corrected chi connectivity index (χ4v) is 1.85. The molecule has 0 fully saturated rings. The van der Waals surface area contributed by atoms with Gasteiger partial charge < -0.3 is 10.6 Å². The van der Waals surface area contributed by atoms with Crippen LogP contribution in [0, 0.1) is 5.82 Å². The molecule has 0 saturated carbocycles. The lowest BCUT2D eigenvalue weighted by Gasteiger charge is -2.18. The van der Waals surface area contributed by atoms with Gasteiger partial charge in [-0.1, -0.05) is 18.2 Å². The molecule has 5 nitrogen and oxygen atoms in total. The number of aromatic nitrogens is 2. The van der Waals surface area contributed by atoms with Crippen LogP contribution in [0.4, 0.5) is 10.1 Å². The van der Waals surface area contributed by atoms with Crippen molar-refractivity contribution in [3.8, 4) is 0 Å². The zero-order valence-electron chi connectivity index (χ0n) is 10.8. The van der Waals surface area contributed by atoms with Crippen molar-refractivity contribution in [3.05, 3.63) is 47.5 Å². The lowest BCUT2D eigenvalue weighted by molar-refractivity contribution is 0.0774. The SMILES string of the molecule is CN(Cc1ccccc1F)C(=O)c1c(N)cnn1C. The number of hydrogen-bond acceptors (Lipinski definition) is 3. The summed E-state index contributed by atoms with van der Waals surface area (Å²) >= 11 is 0. The van der Waals surface area contributed by atoms with Crippen LogP contribution >= 0.6 is 0 Å².